The monoisotopic (exact) mass is 683 g/mol. The molecule has 1 aromatic carbocycles. The van der Waals surface area contributed by atoms with E-state index in [0.29, 0.717) is 25.1 Å². The second-order valence-corrected chi connectivity index (χ2v) is 15.6. The fourth-order valence-electron chi connectivity index (χ4n) is 6.92. The molecule has 0 spiro atoms. The average molecular weight is 684 g/mol. The summed E-state index contributed by atoms with van der Waals surface area (Å²) in [5, 5.41) is 8.28. The van der Waals surface area contributed by atoms with Crippen LogP contribution in [0.5, 0.6) is 5.75 Å². The molecule has 1 aromatic rings. The van der Waals surface area contributed by atoms with Crippen LogP contribution < -0.4 is 26.4 Å². The number of nitrogens with two attached hydrogens (primary N) is 1. The van der Waals surface area contributed by atoms with Gasteiger partial charge < -0.3 is 36.1 Å². The maximum atomic E-state index is 14.3. The lowest BCUT2D eigenvalue weighted by Gasteiger charge is -2.38. The number of primary amides is 1. The van der Waals surface area contributed by atoms with Crippen LogP contribution in [0.15, 0.2) is 24.3 Å². The molecule has 7 atom stereocenters. The Bertz CT molecular complexity index is 1430. The number of nitrogens with one attached hydrogen (secondary N) is 3. The highest BCUT2D eigenvalue weighted by Crippen LogP contribution is 2.65. The Balaban J connectivity index is 1.48. The molecule has 1 aliphatic heterocycles. The van der Waals surface area contributed by atoms with Crippen molar-refractivity contribution in [3.63, 3.8) is 0 Å². The predicted octanol–water partition coefficient (Wildman–Crippen LogP) is 2.69. The van der Waals surface area contributed by atoms with Crippen molar-refractivity contribution in [2.24, 2.45) is 40.2 Å². The fraction of sp³-hybridized carbons (Fsp3) is 0.667. The van der Waals surface area contributed by atoms with Gasteiger partial charge in [-0.25, -0.2) is 9.59 Å². The van der Waals surface area contributed by atoms with Crippen LogP contribution in [0, 0.1) is 34.5 Å². The van der Waals surface area contributed by atoms with Gasteiger partial charge in [0.25, 0.3) is 5.91 Å². The van der Waals surface area contributed by atoms with Crippen LogP contribution in [0.2, 0.25) is 0 Å². The molecule has 0 radical (unpaired) electrons. The molecule has 49 heavy (non-hydrogen) atoms. The Kier molecular flexibility index (Phi) is 11.3. The van der Waals surface area contributed by atoms with E-state index in [4.69, 9.17) is 15.2 Å². The zero-order chi connectivity index (χ0) is 36.4. The van der Waals surface area contributed by atoms with Crippen molar-refractivity contribution in [3.8, 4) is 5.75 Å². The van der Waals surface area contributed by atoms with Gasteiger partial charge in [0.05, 0.1) is 13.2 Å². The summed E-state index contributed by atoms with van der Waals surface area (Å²) in [4.78, 5) is 80.8. The molecule has 13 nitrogen and oxygen atoms in total. The lowest BCUT2D eigenvalue weighted by molar-refractivity contribution is -0.148. The summed E-state index contributed by atoms with van der Waals surface area (Å²) in [6, 6.07) is 2.36. The lowest BCUT2D eigenvalue weighted by atomic mass is 9.85. The van der Waals surface area contributed by atoms with E-state index in [1.165, 1.54) is 4.90 Å². The number of benzene rings is 1. The molecular weight excluding hydrogens is 630 g/mol. The average Bonchev–Trinajstić information content (AvgIpc) is 3.90. The fourth-order valence-corrected chi connectivity index (χ4v) is 6.92. The van der Waals surface area contributed by atoms with E-state index in [1.807, 2.05) is 27.7 Å². The van der Waals surface area contributed by atoms with E-state index in [2.05, 4.69) is 16.0 Å². The first kappa shape index (κ1) is 37.7. The first-order valence-electron chi connectivity index (χ1n) is 17.2. The van der Waals surface area contributed by atoms with Crippen LogP contribution >= 0.6 is 0 Å². The van der Waals surface area contributed by atoms with Gasteiger partial charge >= 0.3 is 12.0 Å². The van der Waals surface area contributed by atoms with Crippen molar-refractivity contribution in [2.45, 2.75) is 105 Å². The van der Waals surface area contributed by atoms with E-state index in [1.54, 1.807) is 52.1 Å². The molecule has 1 heterocycles. The van der Waals surface area contributed by atoms with Crippen molar-refractivity contribution in [1.29, 1.82) is 0 Å². The van der Waals surface area contributed by atoms with Crippen molar-refractivity contribution < 1.29 is 38.2 Å². The van der Waals surface area contributed by atoms with Crippen LogP contribution in [-0.2, 0) is 35.3 Å². The van der Waals surface area contributed by atoms with Crippen LogP contribution in [0.4, 0.5) is 4.79 Å². The number of hydrogen-bond acceptors (Lipinski definition) is 8. The second-order valence-electron chi connectivity index (χ2n) is 15.6. The number of esters is 1. The third-order valence-electron chi connectivity index (χ3n) is 10.6. The van der Waals surface area contributed by atoms with E-state index in [-0.39, 0.29) is 35.7 Å². The van der Waals surface area contributed by atoms with E-state index in [0.717, 1.165) is 18.4 Å². The number of piperidine rings is 1. The molecule has 1 saturated heterocycles. The molecule has 0 aromatic heterocycles. The normalized spacial score (nSPS) is 23.2. The van der Waals surface area contributed by atoms with Gasteiger partial charge in [0.1, 0.15) is 30.5 Å². The minimum Gasteiger partial charge on any atom is -0.497 e. The minimum absolute atomic E-state index is 0.00576. The molecule has 270 valence electrons. The largest absolute Gasteiger partial charge is 0.497 e. The maximum absolute atomic E-state index is 14.3. The van der Waals surface area contributed by atoms with E-state index < -0.39 is 65.1 Å². The van der Waals surface area contributed by atoms with Crippen molar-refractivity contribution in [2.75, 3.05) is 13.7 Å². The summed E-state index contributed by atoms with van der Waals surface area (Å²) in [6.07, 6.45) is 2.71. The third-order valence-corrected chi connectivity index (χ3v) is 10.6. The molecule has 3 aliphatic rings. The second kappa shape index (κ2) is 14.8. The minimum atomic E-state index is -1.11. The number of urea groups is 1. The molecule has 2 saturated carbocycles. The molecular formula is C36H53N5O8. The molecule has 5 amide bonds. The van der Waals surface area contributed by atoms with Gasteiger partial charge in [0.15, 0.2) is 0 Å². The number of fused-ring (bicyclic) bond motifs is 1. The number of amides is 5. The van der Waals surface area contributed by atoms with Crippen LogP contribution in [0.25, 0.3) is 0 Å². The summed E-state index contributed by atoms with van der Waals surface area (Å²) in [7, 11) is 1.56. The van der Waals surface area contributed by atoms with Crippen molar-refractivity contribution in [3.05, 3.63) is 29.8 Å². The molecule has 0 bridgehead atoms. The number of carbonyl (C=O) groups is 6. The highest BCUT2D eigenvalue weighted by Gasteiger charge is 2.70. The van der Waals surface area contributed by atoms with E-state index in [9.17, 15) is 28.8 Å². The van der Waals surface area contributed by atoms with Crippen LogP contribution in [0.3, 0.4) is 0 Å². The SMILES string of the molecule is CC[C@H](C)[C@H](NC(=O)N[C@H](C(=O)N1C[C@H]2[C@@H]([C@H]1C(=O)NC(CC1CC1)C(=O)C(N)=O)C2(C)C)C(C)(C)C)C(=O)OCc1ccc(OC)cc1. The molecule has 3 fully saturated rings. The topological polar surface area (TPSA) is 186 Å². The van der Waals surface area contributed by atoms with Gasteiger partial charge in [-0.3, -0.25) is 19.2 Å². The molecule has 5 N–H and O–H groups in total. The summed E-state index contributed by atoms with van der Waals surface area (Å²) >= 11 is 0. The lowest BCUT2D eigenvalue weighted by Crippen LogP contribution is -2.62. The summed E-state index contributed by atoms with van der Waals surface area (Å²) in [5.74, 6) is -3.02. The van der Waals surface area contributed by atoms with Gasteiger partial charge in [0, 0.05) is 6.54 Å². The Labute approximate surface area is 288 Å². The van der Waals surface area contributed by atoms with Gasteiger partial charge in [-0.2, -0.15) is 0 Å². The van der Waals surface area contributed by atoms with Gasteiger partial charge in [-0.1, -0.05) is 79.9 Å². The quantitative estimate of drug-likeness (QED) is 0.161. The summed E-state index contributed by atoms with van der Waals surface area (Å²) < 4.78 is 10.7. The number of methoxy groups -OCH3 is 1. The van der Waals surface area contributed by atoms with Gasteiger partial charge in [-0.05, 0) is 58.6 Å². The Morgan fingerprint density at radius 1 is 1.02 bits per heavy atom. The first-order valence-corrected chi connectivity index (χ1v) is 17.2. The number of hydrogen-bond donors (Lipinski definition) is 4. The Morgan fingerprint density at radius 3 is 2.18 bits per heavy atom. The standard InChI is InChI=1S/C36H53N5O8/c1-9-19(2)26(33(46)49-18-21-12-14-22(48-8)15-13-21)39-34(47)40-29(35(3,4)5)32(45)41-17-23-25(36(23,6)7)27(41)31(44)38-24(16-20-10-11-20)28(42)30(37)43/h12-15,19-20,23-27,29H,9-11,16-18H2,1-8H3,(H2,37,43)(H,38,44)(H2,39,40,47)/t19-,23-,24?,25-,26-,27-,29+/m0/s1. The van der Waals surface area contributed by atoms with Crippen LogP contribution in [0.1, 0.15) is 79.7 Å². The maximum Gasteiger partial charge on any atom is 0.329 e. The zero-order valence-corrected chi connectivity index (χ0v) is 30.0. The summed E-state index contributed by atoms with van der Waals surface area (Å²) in [6.45, 7) is 13.5. The Hall–Kier alpha value is -4.16. The number of ether oxygens (including phenoxy) is 2. The smallest absolute Gasteiger partial charge is 0.329 e. The molecule has 1 unspecified atom stereocenters. The molecule has 13 heteroatoms. The van der Waals surface area contributed by atoms with Gasteiger partial charge in [-0.15, -0.1) is 0 Å². The highest BCUT2D eigenvalue weighted by atomic mass is 16.5. The number of likely N-dealkylation sites (tertiary alicyclic amines) is 1. The summed E-state index contributed by atoms with van der Waals surface area (Å²) in [5.41, 5.74) is 5.06. The number of nitrogens with zero attached hydrogens (tertiary/aromatic N) is 1. The predicted molar refractivity (Wildman–Crippen MR) is 181 cm³/mol. The van der Waals surface area contributed by atoms with Gasteiger partial charge in [0.2, 0.25) is 17.6 Å². The first-order chi connectivity index (χ1) is 22.9. The number of rotatable bonds is 15. The molecule has 4 rings (SSSR count). The van der Waals surface area contributed by atoms with Crippen molar-refractivity contribution >= 4 is 35.5 Å². The van der Waals surface area contributed by atoms with E-state index >= 15 is 0 Å². The Morgan fingerprint density at radius 2 is 1.65 bits per heavy atom. The zero-order valence-electron chi connectivity index (χ0n) is 30.0. The number of carbonyl (C=O) groups excluding carboxylic acids is 6. The molecule has 2 aliphatic carbocycles. The highest BCUT2D eigenvalue weighted by molar-refractivity contribution is 6.37. The third kappa shape index (κ3) is 8.72. The van der Waals surface area contributed by atoms with Crippen molar-refractivity contribution in [1.82, 2.24) is 20.9 Å². The van der Waals surface area contributed by atoms with Crippen LogP contribution in [-0.4, -0.2) is 78.2 Å². The number of Topliss-reactive ketones (excluding diaryl/α,β-unsaturated/α-hetero) is 1. The number of ketones is 1.